The van der Waals surface area contributed by atoms with E-state index >= 15 is 0 Å². The minimum absolute atomic E-state index is 0.0587. The molecule has 1 N–H and O–H groups in total. The Hall–Kier alpha value is -2.50. The molecule has 1 heterocycles. The Balaban J connectivity index is 2.11. The largest absolute Gasteiger partial charge is 0.288 e. The summed E-state index contributed by atoms with van der Waals surface area (Å²) in [5.41, 5.74) is 1.78. The van der Waals surface area contributed by atoms with Gasteiger partial charge in [0.2, 0.25) is 0 Å². The molecule has 104 valence electrons. The van der Waals surface area contributed by atoms with Crippen molar-refractivity contribution >= 4 is 18.1 Å². The molecular weight excluding hydrogens is 254 g/mol. The van der Waals surface area contributed by atoms with E-state index in [1.165, 1.54) is 16.6 Å². The third-order valence-electron chi connectivity index (χ3n) is 2.83. The summed E-state index contributed by atoms with van der Waals surface area (Å²) >= 11 is 0. The average Bonchev–Trinajstić information content (AvgIpc) is 2.85. The van der Waals surface area contributed by atoms with E-state index in [1.807, 2.05) is 12.1 Å². The molecule has 0 bridgehead atoms. The lowest BCUT2D eigenvalue weighted by molar-refractivity contribution is 0.102. The quantitative estimate of drug-likeness (QED) is 0.929. The van der Waals surface area contributed by atoms with Gasteiger partial charge in [0.15, 0.2) is 0 Å². The van der Waals surface area contributed by atoms with Gasteiger partial charge >= 0.3 is 0 Å². The Morgan fingerprint density at radius 2 is 1.95 bits per heavy atom. The van der Waals surface area contributed by atoms with Crippen LogP contribution in [0.15, 0.2) is 30.8 Å². The molecule has 0 aliphatic carbocycles. The van der Waals surface area contributed by atoms with Crippen LogP contribution >= 0.6 is 0 Å². The van der Waals surface area contributed by atoms with E-state index in [4.69, 9.17) is 0 Å². The molecular formula is C14H17N5O. The van der Waals surface area contributed by atoms with Crippen LogP contribution < -0.4 is 5.32 Å². The lowest BCUT2D eigenvalue weighted by atomic mass is 9.87. The number of carbonyl (C=O) groups excluding carboxylic acids is 1. The molecule has 2 aromatic rings. The number of hydrogen-bond acceptors (Lipinski definition) is 4. The Labute approximate surface area is 117 Å². The molecule has 20 heavy (non-hydrogen) atoms. The number of tetrazole rings is 1. The lowest BCUT2D eigenvalue weighted by Gasteiger charge is -2.18. The molecule has 0 aliphatic rings. The molecule has 6 nitrogen and oxygen atoms in total. The van der Waals surface area contributed by atoms with Crippen molar-refractivity contribution in [3.8, 4) is 0 Å². The number of anilines is 1. The molecule has 0 unspecified atom stereocenters. The first-order valence-electron chi connectivity index (χ1n) is 6.24. The topological polar surface area (TPSA) is 72.7 Å². The molecule has 1 aromatic carbocycles. The molecule has 0 fully saturated rings. The SMILES string of the molecule is C=Cn1nnc(NC(=O)c2ccc(C(C)(C)C)cc2)n1. The Bertz CT molecular complexity index is 622. The van der Waals surface area contributed by atoms with E-state index in [-0.39, 0.29) is 17.3 Å². The number of benzene rings is 1. The summed E-state index contributed by atoms with van der Waals surface area (Å²) in [5, 5.41) is 13.8. The summed E-state index contributed by atoms with van der Waals surface area (Å²) in [6.07, 6.45) is 1.39. The molecule has 1 amide bonds. The van der Waals surface area contributed by atoms with E-state index in [2.05, 4.69) is 48.1 Å². The minimum Gasteiger partial charge on any atom is -0.288 e. The summed E-state index contributed by atoms with van der Waals surface area (Å²) in [5.74, 6) is -0.121. The van der Waals surface area contributed by atoms with Gasteiger partial charge in [0.25, 0.3) is 11.9 Å². The molecule has 0 saturated carbocycles. The number of carbonyl (C=O) groups is 1. The molecule has 0 radical (unpaired) electrons. The molecule has 1 aromatic heterocycles. The zero-order valence-corrected chi connectivity index (χ0v) is 11.8. The van der Waals surface area contributed by atoms with E-state index in [9.17, 15) is 4.79 Å². The highest BCUT2D eigenvalue weighted by molar-refractivity contribution is 6.03. The number of nitrogens with one attached hydrogen (secondary N) is 1. The number of hydrogen-bond donors (Lipinski definition) is 1. The van der Waals surface area contributed by atoms with Crippen molar-refractivity contribution in [2.24, 2.45) is 0 Å². The summed E-state index contributed by atoms with van der Waals surface area (Å²) in [7, 11) is 0. The first-order valence-corrected chi connectivity index (χ1v) is 6.24. The highest BCUT2D eigenvalue weighted by atomic mass is 16.1. The monoisotopic (exact) mass is 271 g/mol. The van der Waals surface area contributed by atoms with E-state index in [0.29, 0.717) is 5.56 Å². The Morgan fingerprint density at radius 3 is 2.45 bits per heavy atom. The van der Waals surface area contributed by atoms with Crippen LogP contribution in [0.5, 0.6) is 0 Å². The fourth-order valence-electron chi connectivity index (χ4n) is 1.65. The Morgan fingerprint density at radius 1 is 1.30 bits per heavy atom. The lowest BCUT2D eigenvalue weighted by Crippen LogP contribution is -2.15. The van der Waals surface area contributed by atoms with Crippen LogP contribution in [-0.4, -0.2) is 26.1 Å². The van der Waals surface area contributed by atoms with Gasteiger partial charge in [-0.3, -0.25) is 10.1 Å². The third-order valence-corrected chi connectivity index (χ3v) is 2.83. The van der Waals surface area contributed by atoms with Crippen LogP contribution in [-0.2, 0) is 5.41 Å². The number of amides is 1. The summed E-state index contributed by atoms with van der Waals surface area (Å²) in [4.78, 5) is 13.2. The molecule has 2 rings (SSSR count). The number of rotatable bonds is 3. The smallest absolute Gasteiger partial charge is 0.270 e. The molecule has 0 aliphatic heterocycles. The highest BCUT2D eigenvalue weighted by Gasteiger charge is 2.15. The fourth-order valence-corrected chi connectivity index (χ4v) is 1.65. The van der Waals surface area contributed by atoms with Gasteiger partial charge in [-0.05, 0) is 28.3 Å². The summed E-state index contributed by atoms with van der Waals surface area (Å²) < 4.78 is 0. The number of nitrogens with zero attached hydrogens (tertiary/aromatic N) is 4. The second-order valence-electron chi connectivity index (χ2n) is 5.40. The average molecular weight is 271 g/mol. The van der Waals surface area contributed by atoms with Crippen molar-refractivity contribution in [2.45, 2.75) is 26.2 Å². The first-order chi connectivity index (χ1) is 9.40. The highest BCUT2D eigenvalue weighted by Crippen LogP contribution is 2.22. The van der Waals surface area contributed by atoms with Crippen molar-refractivity contribution in [1.82, 2.24) is 20.2 Å². The maximum atomic E-state index is 12.0. The second-order valence-corrected chi connectivity index (χ2v) is 5.40. The Kier molecular flexibility index (Phi) is 3.65. The van der Waals surface area contributed by atoms with Crippen LogP contribution in [0.4, 0.5) is 5.95 Å². The molecule has 0 saturated heterocycles. The normalized spacial score (nSPS) is 11.2. The van der Waals surface area contributed by atoms with Crippen LogP contribution in [0, 0.1) is 0 Å². The van der Waals surface area contributed by atoms with Gasteiger partial charge in [0.05, 0.1) is 0 Å². The third kappa shape index (κ3) is 3.09. The molecule has 0 atom stereocenters. The standard InChI is InChI=1S/C14H17N5O/c1-5-19-17-13(16-18-19)15-12(20)10-6-8-11(9-7-10)14(2,3)4/h5-9H,1H2,2-4H3,(H,15,17,20). The van der Waals surface area contributed by atoms with Gasteiger partial charge in [0.1, 0.15) is 0 Å². The van der Waals surface area contributed by atoms with Gasteiger partial charge in [0, 0.05) is 11.8 Å². The fraction of sp³-hybridized carbons (Fsp3) is 0.286. The van der Waals surface area contributed by atoms with Crippen molar-refractivity contribution in [3.63, 3.8) is 0 Å². The number of aromatic nitrogens is 4. The van der Waals surface area contributed by atoms with Crippen LogP contribution in [0.2, 0.25) is 0 Å². The van der Waals surface area contributed by atoms with Gasteiger partial charge in [-0.2, -0.15) is 0 Å². The molecule has 0 spiro atoms. The molecule has 6 heteroatoms. The zero-order valence-electron chi connectivity index (χ0n) is 11.8. The van der Waals surface area contributed by atoms with Crippen LogP contribution in [0.3, 0.4) is 0 Å². The summed E-state index contributed by atoms with van der Waals surface area (Å²) in [6.45, 7) is 9.87. The van der Waals surface area contributed by atoms with E-state index < -0.39 is 0 Å². The zero-order chi connectivity index (χ0) is 14.8. The maximum Gasteiger partial charge on any atom is 0.270 e. The minimum atomic E-state index is -0.269. The predicted octanol–water partition coefficient (Wildman–Crippen LogP) is 2.32. The second kappa shape index (κ2) is 5.24. The first kappa shape index (κ1) is 13.9. The van der Waals surface area contributed by atoms with Crippen molar-refractivity contribution in [3.05, 3.63) is 42.0 Å². The van der Waals surface area contributed by atoms with Crippen molar-refractivity contribution in [2.75, 3.05) is 5.32 Å². The van der Waals surface area contributed by atoms with Crippen LogP contribution in [0.25, 0.3) is 6.20 Å². The van der Waals surface area contributed by atoms with E-state index in [1.54, 1.807) is 12.1 Å². The van der Waals surface area contributed by atoms with E-state index in [0.717, 1.165) is 0 Å². The predicted molar refractivity (Wildman–Crippen MR) is 77.3 cm³/mol. The van der Waals surface area contributed by atoms with Crippen molar-refractivity contribution < 1.29 is 4.79 Å². The van der Waals surface area contributed by atoms with Crippen molar-refractivity contribution in [1.29, 1.82) is 0 Å². The van der Waals surface area contributed by atoms with Gasteiger partial charge in [-0.15, -0.1) is 9.90 Å². The van der Waals surface area contributed by atoms with Gasteiger partial charge in [-0.25, -0.2) is 0 Å². The van der Waals surface area contributed by atoms with Gasteiger partial charge < -0.3 is 0 Å². The summed E-state index contributed by atoms with van der Waals surface area (Å²) in [6, 6.07) is 7.47. The van der Waals surface area contributed by atoms with Crippen LogP contribution in [0.1, 0.15) is 36.7 Å². The maximum absolute atomic E-state index is 12.0. The van der Waals surface area contributed by atoms with Gasteiger partial charge in [-0.1, -0.05) is 44.6 Å².